The third-order valence-corrected chi connectivity index (χ3v) is 1.75. The Labute approximate surface area is 67.7 Å². The molecule has 0 spiro atoms. The number of halogens is 3. The maximum Gasteiger partial charge on any atom is 0.402 e. The molecule has 0 amide bonds. The Morgan fingerprint density at radius 2 is 2.00 bits per heavy atom. The summed E-state index contributed by atoms with van der Waals surface area (Å²) >= 11 is 0. The van der Waals surface area contributed by atoms with Gasteiger partial charge in [-0.15, -0.1) is 0 Å². The topological polar surface area (TPSA) is 26.3 Å². The van der Waals surface area contributed by atoms with E-state index in [-0.39, 0.29) is 6.42 Å². The molecule has 1 saturated heterocycles. The number of rotatable bonds is 0. The third kappa shape index (κ3) is 1.70. The van der Waals surface area contributed by atoms with E-state index in [0.717, 1.165) is 0 Å². The molecule has 0 aliphatic carbocycles. The molecule has 12 heavy (non-hydrogen) atoms. The van der Waals surface area contributed by atoms with Crippen molar-refractivity contribution in [1.82, 2.24) is 0 Å². The number of cyclic esters (lactones) is 1. The van der Waals surface area contributed by atoms with Gasteiger partial charge in [0.25, 0.3) is 0 Å². The zero-order valence-corrected chi connectivity index (χ0v) is 6.73. The molecule has 0 aromatic carbocycles. The van der Waals surface area contributed by atoms with Crippen LogP contribution in [0.4, 0.5) is 13.2 Å². The lowest BCUT2D eigenvalue weighted by Gasteiger charge is -2.15. The smallest absolute Gasteiger partial charge is 0.402 e. The molecule has 1 aliphatic rings. The minimum atomic E-state index is -4.47. The van der Waals surface area contributed by atoms with Crippen molar-refractivity contribution in [2.45, 2.75) is 32.0 Å². The summed E-state index contributed by atoms with van der Waals surface area (Å²) in [6.45, 7) is 2.94. The number of esters is 1. The molecule has 0 unspecified atom stereocenters. The van der Waals surface area contributed by atoms with Crippen LogP contribution in [0.2, 0.25) is 0 Å². The van der Waals surface area contributed by atoms with Gasteiger partial charge in [0.1, 0.15) is 5.60 Å². The number of carbonyl (C=O) groups is 1. The van der Waals surface area contributed by atoms with Crippen molar-refractivity contribution in [3.05, 3.63) is 0 Å². The number of alkyl halides is 3. The zero-order chi connectivity index (χ0) is 9.57. The van der Waals surface area contributed by atoms with E-state index in [2.05, 4.69) is 4.74 Å². The fourth-order valence-corrected chi connectivity index (χ4v) is 1.21. The molecular weight excluding hydrogens is 173 g/mol. The van der Waals surface area contributed by atoms with Gasteiger partial charge < -0.3 is 4.74 Å². The highest BCUT2D eigenvalue weighted by atomic mass is 19.4. The average molecular weight is 182 g/mol. The average Bonchev–Trinajstić information content (AvgIpc) is 2.03. The van der Waals surface area contributed by atoms with Crippen LogP contribution in [0, 0.1) is 5.92 Å². The molecule has 0 saturated carbocycles. The molecule has 2 nitrogen and oxygen atoms in total. The predicted octanol–water partition coefficient (Wildman–Crippen LogP) is 1.89. The predicted molar refractivity (Wildman–Crippen MR) is 34.3 cm³/mol. The normalized spacial score (nSPS) is 28.8. The lowest BCUT2D eigenvalue weighted by Crippen LogP contribution is -2.26. The second-order valence-corrected chi connectivity index (χ2v) is 3.48. The first-order valence-electron chi connectivity index (χ1n) is 3.52. The van der Waals surface area contributed by atoms with Gasteiger partial charge in [0.15, 0.2) is 5.92 Å². The highest BCUT2D eigenvalue weighted by molar-refractivity contribution is 5.76. The first-order chi connectivity index (χ1) is 5.22. The molecule has 1 aliphatic heterocycles. The Hall–Kier alpha value is -0.740. The van der Waals surface area contributed by atoms with Crippen molar-refractivity contribution >= 4 is 5.97 Å². The molecule has 1 rings (SSSR count). The van der Waals surface area contributed by atoms with Crippen LogP contribution in [0.5, 0.6) is 0 Å². The van der Waals surface area contributed by atoms with E-state index in [0.29, 0.717) is 0 Å². The van der Waals surface area contributed by atoms with E-state index in [4.69, 9.17) is 0 Å². The van der Waals surface area contributed by atoms with Crippen LogP contribution in [-0.2, 0) is 9.53 Å². The summed E-state index contributed by atoms with van der Waals surface area (Å²) in [7, 11) is 0. The highest BCUT2D eigenvalue weighted by Crippen LogP contribution is 2.40. The minimum Gasteiger partial charge on any atom is -0.459 e. The molecule has 70 valence electrons. The van der Waals surface area contributed by atoms with Gasteiger partial charge in [-0.3, -0.25) is 4.79 Å². The molecule has 0 bridgehead atoms. The summed E-state index contributed by atoms with van der Waals surface area (Å²) in [5.41, 5.74) is -0.975. The Morgan fingerprint density at radius 1 is 1.50 bits per heavy atom. The van der Waals surface area contributed by atoms with E-state index in [1.165, 1.54) is 13.8 Å². The van der Waals surface area contributed by atoms with Gasteiger partial charge in [0.2, 0.25) is 0 Å². The van der Waals surface area contributed by atoms with Gasteiger partial charge in [-0.2, -0.15) is 13.2 Å². The molecule has 0 N–H and O–H groups in total. The molecule has 0 radical (unpaired) electrons. The SMILES string of the molecule is CC1(C)C[C@H](C(F)(F)F)C(=O)O1. The summed E-state index contributed by atoms with van der Waals surface area (Å²) in [5, 5.41) is 0. The third-order valence-electron chi connectivity index (χ3n) is 1.75. The van der Waals surface area contributed by atoms with Gasteiger partial charge in [0.05, 0.1) is 0 Å². The molecule has 1 atom stereocenters. The van der Waals surface area contributed by atoms with E-state index in [9.17, 15) is 18.0 Å². The Balaban J connectivity index is 2.78. The van der Waals surface area contributed by atoms with E-state index in [1.54, 1.807) is 0 Å². The fourth-order valence-electron chi connectivity index (χ4n) is 1.21. The zero-order valence-electron chi connectivity index (χ0n) is 6.73. The Bertz CT molecular complexity index is 207. The maximum absolute atomic E-state index is 12.1. The molecule has 0 aromatic heterocycles. The molecule has 1 heterocycles. The van der Waals surface area contributed by atoms with Crippen LogP contribution in [-0.4, -0.2) is 17.7 Å². The Kier molecular flexibility index (Phi) is 1.85. The summed E-state index contributed by atoms with van der Waals surface area (Å²) in [6.07, 6.45) is -4.75. The molecule has 0 aromatic rings. The van der Waals surface area contributed by atoms with E-state index < -0.39 is 23.7 Å². The molecule has 5 heteroatoms. The van der Waals surface area contributed by atoms with Crippen molar-refractivity contribution in [1.29, 1.82) is 0 Å². The van der Waals surface area contributed by atoms with Gasteiger partial charge >= 0.3 is 12.1 Å². The van der Waals surface area contributed by atoms with Crippen LogP contribution in [0.1, 0.15) is 20.3 Å². The van der Waals surface area contributed by atoms with Crippen molar-refractivity contribution in [2.75, 3.05) is 0 Å². The van der Waals surface area contributed by atoms with Crippen LogP contribution in [0.3, 0.4) is 0 Å². The number of ether oxygens (including phenoxy) is 1. The number of hydrogen-bond donors (Lipinski definition) is 0. The number of carbonyl (C=O) groups excluding carboxylic acids is 1. The van der Waals surface area contributed by atoms with E-state index in [1.807, 2.05) is 0 Å². The standard InChI is InChI=1S/C7H9F3O2/c1-6(2)3-4(5(11)12-6)7(8,9)10/h4H,3H2,1-2H3/t4-/m0/s1. The van der Waals surface area contributed by atoms with Crippen molar-refractivity contribution in [2.24, 2.45) is 5.92 Å². The molecular formula is C7H9F3O2. The second-order valence-electron chi connectivity index (χ2n) is 3.48. The maximum atomic E-state index is 12.1. The van der Waals surface area contributed by atoms with Gasteiger partial charge in [0, 0.05) is 6.42 Å². The molecule has 1 fully saturated rings. The van der Waals surface area contributed by atoms with Crippen LogP contribution >= 0.6 is 0 Å². The highest BCUT2D eigenvalue weighted by Gasteiger charge is 2.54. The van der Waals surface area contributed by atoms with E-state index >= 15 is 0 Å². The lowest BCUT2D eigenvalue weighted by molar-refractivity contribution is -0.185. The second kappa shape index (κ2) is 2.37. The Morgan fingerprint density at radius 3 is 2.17 bits per heavy atom. The van der Waals surface area contributed by atoms with Crippen molar-refractivity contribution < 1.29 is 22.7 Å². The van der Waals surface area contributed by atoms with Gasteiger partial charge in [-0.25, -0.2) is 0 Å². The van der Waals surface area contributed by atoms with Gasteiger partial charge in [-0.1, -0.05) is 0 Å². The summed E-state index contributed by atoms with van der Waals surface area (Å²) in [6, 6.07) is 0. The largest absolute Gasteiger partial charge is 0.459 e. The minimum absolute atomic E-state index is 0.282. The van der Waals surface area contributed by atoms with Crippen LogP contribution in [0.15, 0.2) is 0 Å². The van der Waals surface area contributed by atoms with Crippen LogP contribution < -0.4 is 0 Å². The summed E-state index contributed by atoms with van der Waals surface area (Å²) in [4.78, 5) is 10.7. The van der Waals surface area contributed by atoms with Crippen LogP contribution in [0.25, 0.3) is 0 Å². The first kappa shape index (κ1) is 9.35. The van der Waals surface area contributed by atoms with Crippen molar-refractivity contribution in [3.8, 4) is 0 Å². The van der Waals surface area contributed by atoms with Gasteiger partial charge in [-0.05, 0) is 13.8 Å². The summed E-state index contributed by atoms with van der Waals surface area (Å²) < 4.78 is 40.7. The lowest BCUT2D eigenvalue weighted by atomic mass is 9.97. The monoisotopic (exact) mass is 182 g/mol. The van der Waals surface area contributed by atoms with Crippen molar-refractivity contribution in [3.63, 3.8) is 0 Å². The summed E-state index contributed by atoms with van der Waals surface area (Å²) in [5.74, 6) is -3.10. The number of hydrogen-bond acceptors (Lipinski definition) is 2. The quantitative estimate of drug-likeness (QED) is 0.535. The first-order valence-corrected chi connectivity index (χ1v) is 3.52. The fraction of sp³-hybridized carbons (Fsp3) is 0.857.